The van der Waals surface area contributed by atoms with Crippen molar-refractivity contribution < 1.29 is 9.59 Å². The Morgan fingerprint density at radius 1 is 1.33 bits per heavy atom. The molecule has 0 aromatic heterocycles. The Hall–Kier alpha value is -1.84. The quantitative estimate of drug-likeness (QED) is 0.818. The number of amides is 2. The maximum absolute atomic E-state index is 12.2. The van der Waals surface area contributed by atoms with Crippen LogP contribution < -0.4 is 10.2 Å². The highest BCUT2D eigenvalue weighted by atomic mass is 16.2. The van der Waals surface area contributed by atoms with Gasteiger partial charge in [-0.1, -0.05) is 38.0 Å². The number of para-hydroxylation sites is 1. The summed E-state index contributed by atoms with van der Waals surface area (Å²) in [7, 11) is 0. The number of aryl methyl sites for hydroxylation is 1. The summed E-state index contributed by atoms with van der Waals surface area (Å²) in [6, 6.07) is 7.81. The first kappa shape index (κ1) is 15.5. The second-order valence-corrected chi connectivity index (χ2v) is 5.69. The van der Waals surface area contributed by atoms with Crippen LogP contribution in [0.2, 0.25) is 0 Å². The van der Waals surface area contributed by atoms with E-state index in [-0.39, 0.29) is 17.7 Å². The van der Waals surface area contributed by atoms with Crippen LogP contribution in [-0.4, -0.2) is 24.9 Å². The molecule has 0 bridgehead atoms. The summed E-state index contributed by atoms with van der Waals surface area (Å²) < 4.78 is 0. The Morgan fingerprint density at radius 2 is 2.10 bits per heavy atom. The molecule has 1 aliphatic rings. The smallest absolute Gasteiger partial charge is 0.227 e. The van der Waals surface area contributed by atoms with Crippen molar-refractivity contribution in [2.45, 2.75) is 39.5 Å². The first-order valence-electron chi connectivity index (χ1n) is 7.77. The third-order valence-electron chi connectivity index (χ3n) is 3.98. The van der Waals surface area contributed by atoms with E-state index >= 15 is 0 Å². The van der Waals surface area contributed by atoms with Crippen molar-refractivity contribution in [2.24, 2.45) is 5.92 Å². The predicted molar refractivity (Wildman–Crippen MR) is 84.2 cm³/mol. The summed E-state index contributed by atoms with van der Waals surface area (Å²) in [5.41, 5.74) is 1.98. The molecule has 1 fully saturated rings. The number of anilines is 1. The number of hydrogen-bond donors (Lipinski definition) is 1. The highest BCUT2D eigenvalue weighted by Crippen LogP contribution is 2.27. The van der Waals surface area contributed by atoms with Crippen LogP contribution in [0, 0.1) is 12.8 Å². The fourth-order valence-electron chi connectivity index (χ4n) is 2.71. The van der Waals surface area contributed by atoms with Crippen LogP contribution in [-0.2, 0) is 9.59 Å². The van der Waals surface area contributed by atoms with Crippen LogP contribution >= 0.6 is 0 Å². The highest BCUT2D eigenvalue weighted by Gasteiger charge is 2.35. The molecule has 0 radical (unpaired) electrons. The number of carbonyl (C=O) groups is 2. The molecular weight excluding hydrogens is 264 g/mol. The van der Waals surface area contributed by atoms with Crippen molar-refractivity contribution >= 4 is 17.5 Å². The number of nitrogens with one attached hydrogen (secondary N) is 1. The molecule has 0 spiro atoms. The van der Waals surface area contributed by atoms with E-state index in [0.29, 0.717) is 19.5 Å². The topological polar surface area (TPSA) is 49.4 Å². The van der Waals surface area contributed by atoms with E-state index in [1.54, 1.807) is 4.90 Å². The van der Waals surface area contributed by atoms with E-state index in [1.165, 1.54) is 0 Å². The zero-order valence-electron chi connectivity index (χ0n) is 12.9. The molecule has 2 rings (SSSR count). The Kier molecular flexibility index (Phi) is 5.37. The fourth-order valence-corrected chi connectivity index (χ4v) is 2.71. The lowest BCUT2D eigenvalue weighted by atomic mass is 10.1. The summed E-state index contributed by atoms with van der Waals surface area (Å²) in [6.07, 6.45) is 3.58. The third-order valence-corrected chi connectivity index (χ3v) is 3.98. The average molecular weight is 288 g/mol. The maximum Gasteiger partial charge on any atom is 0.227 e. The van der Waals surface area contributed by atoms with Crippen LogP contribution in [0.3, 0.4) is 0 Å². The van der Waals surface area contributed by atoms with Gasteiger partial charge in [0.15, 0.2) is 0 Å². The van der Waals surface area contributed by atoms with Gasteiger partial charge in [0.2, 0.25) is 11.8 Å². The average Bonchev–Trinajstić information content (AvgIpc) is 2.86. The van der Waals surface area contributed by atoms with Gasteiger partial charge < -0.3 is 10.2 Å². The molecule has 1 saturated heterocycles. The van der Waals surface area contributed by atoms with Gasteiger partial charge in [0.25, 0.3) is 0 Å². The Bertz CT molecular complexity index is 513. The minimum absolute atomic E-state index is 0.00976. The molecule has 114 valence electrons. The molecule has 21 heavy (non-hydrogen) atoms. The first-order valence-corrected chi connectivity index (χ1v) is 7.77. The van der Waals surface area contributed by atoms with Crippen molar-refractivity contribution in [3.05, 3.63) is 29.8 Å². The second kappa shape index (κ2) is 7.25. The summed E-state index contributed by atoms with van der Waals surface area (Å²) in [6.45, 7) is 5.32. The van der Waals surface area contributed by atoms with E-state index in [0.717, 1.165) is 30.5 Å². The van der Waals surface area contributed by atoms with Gasteiger partial charge in [-0.3, -0.25) is 9.59 Å². The first-order chi connectivity index (χ1) is 10.1. The molecule has 0 aliphatic carbocycles. The van der Waals surface area contributed by atoms with Crippen molar-refractivity contribution in [1.82, 2.24) is 5.32 Å². The minimum Gasteiger partial charge on any atom is -0.356 e. The fraction of sp³-hybridized carbons (Fsp3) is 0.529. The van der Waals surface area contributed by atoms with Gasteiger partial charge in [-0.25, -0.2) is 0 Å². The lowest BCUT2D eigenvalue weighted by molar-refractivity contribution is -0.126. The largest absolute Gasteiger partial charge is 0.356 e. The van der Waals surface area contributed by atoms with Crippen LogP contribution in [0.15, 0.2) is 24.3 Å². The van der Waals surface area contributed by atoms with E-state index in [9.17, 15) is 9.59 Å². The van der Waals surface area contributed by atoms with Gasteiger partial charge in [0.1, 0.15) is 0 Å². The Balaban J connectivity index is 1.93. The van der Waals surface area contributed by atoms with Gasteiger partial charge in [-0.15, -0.1) is 0 Å². The number of benzene rings is 1. The predicted octanol–water partition coefficient (Wildman–Crippen LogP) is 2.65. The standard InChI is InChI=1S/C17H24N2O2/c1-3-4-7-10-18-17(21)14-11-16(20)19(12-14)15-9-6-5-8-13(15)2/h5-6,8-9,14H,3-4,7,10-12H2,1-2H3,(H,18,21). The van der Waals surface area contributed by atoms with E-state index in [2.05, 4.69) is 12.2 Å². The monoisotopic (exact) mass is 288 g/mol. The molecule has 1 aromatic rings. The maximum atomic E-state index is 12.2. The van der Waals surface area contributed by atoms with Gasteiger partial charge in [0, 0.05) is 25.2 Å². The van der Waals surface area contributed by atoms with Gasteiger partial charge in [-0.2, -0.15) is 0 Å². The summed E-state index contributed by atoms with van der Waals surface area (Å²) >= 11 is 0. The van der Waals surface area contributed by atoms with E-state index in [4.69, 9.17) is 0 Å². The Labute approximate surface area is 126 Å². The third kappa shape index (κ3) is 3.84. The number of nitrogens with zero attached hydrogens (tertiary/aromatic N) is 1. The molecule has 1 aromatic carbocycles. The van der Waals surface area contributed by atoms with Crippen LogP contribution in [0.5, 0.6) is 0 Å². The highest BCUT2D eigenvalue weighted by molar-refractivity contribution is 6.00. The number of unbranched alkanes of at least 4 members (excludes halogenated alkanes) is 2. The van der Waals surface area contributed by atoms with Gasteiger partial charge in [-0.05, 0) is 25.0 Å². The SMILES string of the molecule is CCCCCNC(=O)C1CC(=O)N(c2ccccc2C)C1. The zero-order chi connectivity index (χ0) is 15.2. The van der Waals surface area contributed by atoms with Crippen molar-refractivity contribution in [3.63, 3.8) is 0 Å². The number of hydrogen-bond acceptors (Lipinski definition) is 2. The summed E-state index contributed by atoms with van der Waals surface area (Å²) in [5.74, 6) is -0.174. The van der Waals surface area contributed by atoms with Crippen molar-refractivity contribution in [2.75, 3.05) is 18.0 Å². The van der Waals surface area contributed by atoms with Crippen molar-refractivity contribution in [3.8, 4) is 0 Å². The van der Waals surface area contributed by atoms with Crippen LogP contribution in [0.25, 0.3) is 0 Å². The number of rotatable bonds is 6. The molecule has 4 heteroatoms. The molecule has 1 aliphatic heterocycles. The zero-order valence-corrected chi connectivity index (χ0v) is 12.9. The lowest BCUT2D eigenvalue weighted by Crippen LogP contribution is -2.33. The molecule has 4 nitrogen and oxygen atoms in total. The summed E-state index contributed by atoms with van der Waals surface area (Å²) in [5, 5.41) is 2.95. The molecule has 1 N–H and O–H groups in total. The molecule has 0 saturated carbocycles. The minimum atomic E-state index is -0.223. The molecule has 1 atom stereocenters. The normalized spacial score (nSPS) is 18.1. The van der Waals surface area contributed by atoms with E-state index in [1.807, 2.05) is 31.2 Å². The van der Waals surface area contributed by atoms with Crippen LogP contribution in [0.1, 0.15) is 38.2 Å². The van der Waals surface area contributed by atoms with Crippen LogP contribution in [0.4, 0.5) is 5.69 Å². The summed E-state index contributed by atoms with van der Waals surface area (Å²) in [4.78, 5) is 26.0. The molecule has 1 heterocycles. The van der Waals surface area contributed by atoms with Crippen molar-refractivity contribution in [1.29, 1.82) is 0 Å². The molecular formula is C17H24N2O2. The van der Waals surface area contributed by atoms with E-state index < -0.39 is 0 Å². The van der Waals surface area contributed by atoms with Gasteiger partial charge >= 0.3 is 0 Å². The van der Waals surface area contributed by atoms with Gasteiger partial charge in [0.05, 0.1) is 5.92 Å². The number of carbonyl (C=O) groups excluding carboxylic acids is 2. The Morgan fingerprint density at radius 3 is 2.81 bits per heavy atom. The molecule has 2 amide bonds. The lowest BCUT2D eigenvalue weighted by Gasteiger charge is -2.18. The second-order valence-electron chi connectivity index (χ2n) is 5.69. The molecule has 1 unspecified atom stereocenters.